The topological polar surface area (TPSA) is 24.1 Å². The molecule has 0 fully saturated rings. The van der Waals surface area contributed by atoms with Gasteiger partial charge < -0.3 is 10.5 Å². The molecular formula is C22H23BN2. The molecule has 0 aromatic heterocycles. The summed E-state index contributed by atoms with van der Waals surface area (Å²) in [4.78, 5) is 0. The third kappa shape index (κ3) is 2.91. The van der Waals surface area contributed by atoms with Gasteiger partial charge in [0.05, 0.1) is 0 Å². The minimum Gasteiger partial charge on any atom is -0.408 e. The Morgan fingerprint density at radius 3 is 2.16 bits per heavy atom. The highest BCUT2D eigenvalue weighted by Gasteiger charge is 2.41. The Kier molecular flexibility index (Phi) is 4.00. The van der Waals surface area contributed by atoms with Gasteiger partial charge in [-0.15, -0.1) is 6.58 Å². The van der Waals surface area contributed by atoms with E-state index < -0.39 is 0 Å². The van der Waals surface area contributed by atoms with Gasteiger partial charge in [0.2, 0.25) is 0 Å². The Morgan fingerprint density at radius 1 is 0.920 bits per heavy atom. The van der Waals surface area contributed by atoms with Crippen molar-refractivity contribution < 1.29 is 0 Å². The quantitative estimate of drug-likeness (QED) is 0.461. The fraction of sp³-hybridized carbons (Fsp3) is 0.182. The van der Waals surface area contributed by atoms with Gasteiger partial charge in [-0.25, -0.2) is 0 Å². The van der Waals surface area contributed by atoms with Gasteiger partial charge in [-0.1, -0.05) is 67.6 Å². The lowest BCUT2D eigenvalue weighted by molar-refractivity contribution is 0.599. The molecule has 0 bridgehead atoms. The van der Waals surface area contributed by atoms with E-state index in [-0.39, 0.29) is 12.3 Å². The molecular weight excluding hydrogens is 303 g/mol. The molecule has 2 N–H and O–H groups in total. The second kappa shape index (κ2) is 6.32. The van der Waals surface area contributed by atoms with Crippen molar-refractivity contribution >= 4 is 29.1 Å². The van der Waals surface area contributed by atoms with Gasteiger partial charge in [0.25, 0.3) is 0 Å². The van der Waals surface area contributed by atoms with Gasteiger partial charge in [-0.2, -0.15) is 0 Å². The maximum Gasteiger partial charge on any atom is 0.377 e. The smallest absolute Gasteiger partial charge is 0.377 e. The van der Waals surface area contributed by atoms with Crippen molar-refractivity contribution in [3.63, 3.8) is 0 Å². The Hall–Kier alpha value is -2.68. The van der Waals surface area contributed by atoms with Crippen LogP contribution in [0.4, 0.5) is 11.4 Å². The van der Waals surface area contributed by atoms with Gasteiger partial charge in [0.15, 0.2) is 0 Å². The van der Waals surface area contributed by atoms with Gasteiger partial charge >= 0.3 is 6.98 Å². The lowest BCUT2D eigenvalue weighted by atomic mass is 9.47. The average Bonchev–Trinajstić information content (AvgIpc) is 2.63. The van der Waals surface area contributed by atoms with E-state index in [1.165, 1.54) is 27.7 Å². The Bertz CT molecular complexity index is 866. The zero-order valence-electron chi connectivity index (χ0n) is 14.6. The molecule has 2 nitrogen and oxygen atoms in total. The highest BCUT2D eigenvalue weighted by Crippen LogP contribution is 2.43. The molecule has 0 saturated heterocycles. The van der Waals surface area contributed by atoms with Gasteiger partial charge in [0, 0.05) is 16.8 Å². The van der Waals surface area contributed by atoms with Gasteiger partial charge in [-0.3, -0.25) is 0 Å². The Labute approximate surface area is 150 Å². The van der Waals surface area contributed by atoms with Crippen molar-refractivity contribution in [2.45, 2.75) is 25.1 Å². The fourth-order valence-corrected chi connectivity index (χ4v) is 3.96. The molecule has 0 aliphatic carbocycles. The molecule has 1 unspecified atom stereocenters. The Balaban J connectivity index is 1.71. The molecule has 0 saturated carbocycles. The van der Waals surface area contributed by atoms with E-state index in [2.05, 4.69) is 90.7 Å². The van der Waals surface area contributed by atoms with Crippen molar-refractivity contribution in [1.29, 1.82) is 0 Å². The number of rotatable bonds is 5. The van der Waals surface area contributed by atoms with Crippen molar-refractivity contribution in [3.05, 3.63) is 84.9 Å². The van der Waals surface area contributed by atoms with Crippen molar-refractivity contribution in [3.8, 4) is 0 Å². The van der Waals surface area contributed by atoms with Crippen LogP contribution in [0.1, 0.15) is 18.9 Å². The summed E-state index contributed by atoms with van der Waals surface area (Å²) >= 11 is 0. The lowest BCUT2D eigenvalue weighted by Crippen LogP contribution is -2.48. The van der Waals surface area contributed by atoms with Gasteiger partial charge in [0.1, 0.15) is 0 Å². The van der Waals surface area contributed by atoms with Crippen LogP contribution in [-0.2, 0) is 6.42 Å². The molecule has 1 aliphatic rings. The number of benzene rings is 3. The number of anilines is 2. The summed E-state index contributed by atoms with van der Waals surface area (Å²) in [7, 11) is 0. The summed E-state index contributed by atoms with van der Waals surface area (Å²) in [6.45, 7) is 6.49. The van der Waals surface area contributed by atoms with Crippen LogP contribution in [0.5, 0.6) is 0 Å². The predicted molar refractivity (Wildman–Crippen MR) is 110 cm³/mol. The molecule has 0 amide bonds. The number of hydrogen-bond acceptors (Lipinski definition) is 2. The van der Waals surface area contributed by atoms with E-state index in [4.69, 9.17) is 0 Å². The highest BCUT2D eigenvalue weighted by molar-refractivity contribution is 6.70. The predicted octanol–water partition coefficient (Wildman–Crippen LogP) is 5.74. The van der Waals surface area contributed by atoms with E-state index in [9.17, 15) is 0 Å². The first kappa shape index (κ1) is 15.8. The van der Waals surface area contributed by atoms with E-state index in [1.54, 1.807) is 0 Å². The van der Waals surface area contributed by atoms with Crippen LogP contribution in [0.3, 0.4) is 0 Å². The number of allylic oxidation sites excluding steroid dienone is 1. The molecule has 1 aliphatic heterocycles. The van der Waals surface area contributed by atoms with E-state index in [0.717, 1.165) is 12.8 Å². The molecule has 3 aromatic rings. The van der Waals surface area contributed by atoms with E-state index in [0.29, 0.717) is 0 Å². The SMILES string of the molecule is C=CCC(C)(Cc1ccccc1)B1Nc2cccc3cccc(c23)N1. The van der Waals surface area contributed by atoms with E-state index in [1.807, 2.05) is 6.08 Å². The number of hydrogen-bond donors (Lipinski definition) is 2. The van der Waals surface area contributed by atoms with Crippen LogP contribution in [0, 0.1) is 0 Å². The molecule has 0 spiro atoms. The second-order valence-corrected chi connectivity index (χ2v) is 7.24. The molecule has 124 valence electrons. The van der Waals surface area contributed by atoms with Crippen LogP contribution in [0.25, 0.3) is 10.8 Å². The first-order chi connectivity index (χ1) is 12.2. The monoisotopic (exact) mass is 326 g/mol. The molecule has 3 aromatic carbocycles. The molecule has 25 heavy (non-hydrogen) atoms. The zero-order valence-corrected chi connectivity index (χ0v) is 14.6. The summed E-state index contributed by atoms with van der Waals surface area (Å²) in [6, 6.07) is 23.6. The van der Waals surface area contributed by atoms with E-state index >= 15 is 0 Å². The normalized spacial score (nSPS) is 15.2. The first-order valence-electron chi connectivity index (χ1n) is 8.89. The third-order valence-corrected chi connectivity index (χ3v) is 5.26. The molecule has 1 atom stereocenters. The van der Waals surface area contributed by atoms with Crippen LogP contribution < -0.4 is 10.5 Å². The van der Waals surface area contributed by atoms with Crippen molar-refractivity contribution in [2.75, 3.05) is 10.5 Å². The summed E-state index contributed by atoms with van der Waals surface area (Å²) in [6.07, 6.45) is 3.96. The van der Waals surface area contributed by atoms with Crippen LogP contribution in [0.2, 0.25) is 5.31 Å². The zero-order chi connectivity index (χ0) is 17.3. The minimum absolute atomic E-state index is 0.0127. The molecule has 0 radical (unpaired) electrons. The molecule has 3 heteroatoms. The lowest BCUT2D eigenvalue weighted by Gasteiger charge is -2.39. The van der Waals surface area contributed by atoms with Crippen LogP contribution in [-0.4, -0.2) is 6.98 Å². The highest BCUT2D eigenvalue weighted by atomic mass is 15.0. The maximum atomic E-state index is 4.01. The average molecular weight is 326 g/mol. The molecule has 1 heterocycles. The first-order valence-corrected chi connectivity index (χ1v) is 8.89. The van der Waals surface area contributed by atoms with Gasteiger partial charge in [-0.05, 0) is 41.2 Å². The minimum atomic E-state index is 0.0127. The number of nitrogens with one attached hydrogen (secondary N) is 2. The third-order valence-electron chi connectivity index (χ3n) is 5.26. The Morgan fingerprint density at radius 2 is 1.56 bits per heavy atom. The van der Waals surface area contributed by atoms with Crippen LogP contribution in [0.15, 0.2) is 79.4 Å². The standard InChI is InChI=1S/C22H23BN2/c1-3-15-22(2,16-17-9-5-4-6-10-17)23-24-19-13-7-11-18-12-8-14-20(25-23)21(18)19/h3-14,24-25H,1,15-16H2,2H3. The van der Waals surface area contributed by atoms with Crippen LogP contribution >= 0.6 is 0 Å². The summed E-state index contributed by atoms with van der Waals surface area (Å²) in [5.41, 5.74) is 3.77. The maximum absolute atomic E-state index is 4.01. The summed E-state index contributed by atoms with van der Waals surface area (Å²) < 4.78 is 0. The summed E-state index contributed by atoms with van der Waals surface area (Å²) in [5.74, 6) is 0. The van der Waals surface area contributed by atoms with Crippen molar-refractivity contribution in [2.24, 2.45) is 0 Å². The fourth-order valence-electron chi connectivity index (χ4n) is 3.96. The summed E-state index contributed by atoms with van der Waals surface area (Å²) in [5, 5.41) is 10.1. The van der Waals surface area contributed by atoms with Crippen molar-refractivity contribution in [1.82, 2.24) is 0 Å². The largest absolute Gasteiger partial charge is 0.408 e. The molecule has 4 rings (SSSR count). The second-order valence-electron chi connectivity index (χ2n) is 7.24.